The maximum atomic E-state index is 12.6. The molecule has 2 nitrogen and oxygen atoms in total. The summed E-state index contributed by atoms with van der Waals surface area (Å²) in [6.45, 7) is 1.63. The third kappa shape index (κ3) is 1.61. The molecule has 0 saturated heterocycles. The van der Waals surface area contributed by atoms with E-state index in [1.165, 1.54) is 25.3 Å². The Labute approximate surface area is 70.5 Å². The topological polar surface area (TPSA) is 33.1 Å². The molecule has 0 unspecified atom stereocenters. The molecule has 0 aromatic heterocycles. The second kappa shape index (κ2) is 3.34. The summed E-state index contributed by atoms with van der Waals surface area (Å²) in [6.07, 6.45) is 0. The van der Waals surface area contributed by atoms with Gasteiger partial charge in [-0.2, -0.15) is 0 Å². The molecule has 12 heavy (non-hydrogen) atoms. The van der Waals surface area contributed by atoms with E-state index in [1.54, 1.807) is 6.92 Å². The number of ether oxygens (including phenoxy) is 1. The first-order valence-corrected chi connectivity index (χ1v) is 3.54. The smallest absolute Gasteiger partial charge is 0.130 e. The lowest BCUT2D eigenvalue weighted by atomic mass is 10.1. The summed E-state index contributed by atoms with van der Waals surface area (Å²) >= 11 is 0. The first-order valence-electron chi connectivity index (χ1n) is 3.54. The predicted molar refractivity (Wildman–Crippen MR) is 45.5 cm³/mol. The van der Waals surface area contributed by atoms with Crippen molar-refractivity contribution in [3.8, 4) is 5.75 Å². The lowest BCUT2D eigenvalue weighted by molar-refractivity contribution is 0.410. The molecule has 0 spiro atoms. The molecule has 0 aliphatic heterocycles. The van der Waals surface area contributed by atoms with Crippen molar-refractivity contribution in [1.29, 1.82) is 5.41 Å². The van der Waals surface area contributed by atoms with Crippen LogP contribution in [0.25, 0.3) is 0 Å². The highest BCUT2D eigenvalue weighted by molar-refractivity contribution is 5.98. The summed E-state index contributed by atoms with van der Waals surface area (Å²) in [5.74, 6) is 0.0550. The predicted octanol–water partition coefficient (Wildman–Crippen LogP) is 2.22. The van der Waals surface area contributed by atoms with E-state index in [-0.39, 0.29) is 5.82 Å². The Kier molecular flexibility index (Phi) is 2.43. The molecular formula is C9H10FNO. The summed E-state index contributed by atoms with van der Waals surface area (Å²) in [4.78, 5) is 0. The number of hydrogen-bond donors (Lipinski definition) is 1. The molecule has 0 saturated carbocycles. The van der Waals surface area contributed by atoms with Crippen molar-refractivity contribution in [1.82, 2.24) is 0 Å². The van der Waals surface area contributed by atoms with Crippen molar-refractivity contribution in [3.63, 3.8) is 0 Å². The highest BCUT2D eigenvalue weighted by atomic mass is 19.1. The number of halogens is 1. The van der Waals surface area contributed by atoms with Gasteiger partial charge in [0.1, 0.15) is 11.6 Å². The zero-order chi connectivity index (χ0) is 9.14. The Morgan fingerprint density at radius 2 is 2.17 bits per heavy atom. The first-order chi connectivity index (χ1) is 5.65. The minimum Gasteiger partial charge on any atom is -0.496 e. The van der Waals surface area contributed by atoms with Gasteiger partial charge in [0.05, 0.1) is 7.11 Å². The normalized spacial score (nSPS) is 9.58. The Morgan fingerprint density at radius 3 is 2.67 bits per heavy atom. The van der Waals surface area contributed by atoms with Gasteiger partial charge in [0.25, 0.3) is 0 Å². The van der Waals surface area contributed by atoms with E-state index in [4.69, 9.17) is 10.1 Å². The molecule has 3 heteroatoms. The maximum absolute atomic E-state index is 12.6. The monoisotopic (exact) mass is 167 g/mol. The number of hydrogen-bond acceptors (Lipinski definition) is 2. The minimum absolute atomic E-state index is 0.350. The van der Waals surface area contributed by atoms with Gasteiger partial charge in [-0.05, 0) is 19.1 Å². The lowest BCUT2D eigenvalue weighted by Gasteiger charge is -2.05. The molecule has 0 aliphatic carbocycles. The van der Waals surface area contributed by atoms with Crippen LogP contribution in [-0.4, -0.2) is 12.8 Å². The van der Waals surface area contributed by atoms with Gasteiger partial charge in [-0.25, -0.2) is 4.39 Å². The molecule has 1 aromatic carbocycles. The van der Waals surface area contributed by atoms with Gasteiger partial charge in [0.15, 0.2) is 0 Å². The fourth-order valence-electron chi connectivity index (χ4n) is 0.975. The first kappa shape index (κ1) is 8.71. The number of methoxy groups -OCH3 is 1. The van der Waals surface area contributed by atoms with Crippen LogP contribution in [0.4, 0.5) is 4.39 Å². The summed E-state index contributed by atoms with van der Waals surface area (Å²) in [7, 11) is 1.46. The largest absolute Gasteiger partial charge is 0.496 e. The molecule has 0 fully saturated rings. The standard InChI is InChI=1S/C9H10FNO/c1-6(11)8-4-3-7(10)5-9(8)12-2/h3-5,11H,1-2H3. The Morgan fingerprint density at radius 1 is 1.50 bits per heavy atom. The second-order valence-electron chi connectivity index (χ2n) is 2.47. The van der Waals surface area contributed by atoms with E-state index < -0.39 is 0 Å². The van der Waals surface area contributed by atoms with Crippen LogP contribution in [0.15, 0.2) is 18.2 Å². The van der Waals surface area contributed by atoms with Crippen molar-refractivity contribution in [2.75, 3.05) is 7.11 Å². The van der Waals surface area contributed by atoms with Crippen LogP contribution in [0.3, 0.4) is 0 Å². The quantitative estimate of drug-likeness (QED) is 0.673. The van der Waals surface area contributed by atoms with Crippen molar-refractivity contribution in [3.05, 3.63) is 29.6 Å². The van der Waals surface area contributed by atoms with Gasteiger partial charge in [-0.1, -0.05) is 0 Å². The zero-order valence-electron chi connectivity index (χ0n) is 7.02. The molecule has 0 atom stereocenters. The van der Waals surface area contributed by atoms with Gasteiger partial charge in [0.2, 0.25) is 0 Å². The average molecular weight is 167 g/mol. The van der Waals surface area contributed by atoms with Crippen LogP contribution in [0.1, 0.15) is 12.5 Å². The molecule has 0 aliphatic rings. The summed E-state index contributed by atoms with van der Waals surface area (Å²) in [6, 6.07) is 4.12. The molecule has 0 bridgehead atoms. The maximum Gasteiger partial charge on any atom is 0.130 e. The third-order valence-electron chi connectivity index (χ3n) is 1.57. The summed E-state index contributed by atoms with van der Waals surface area (Å²) in [5.41, 5.74) is 0.991. The molecule has 1 rings (SSSR count). The third-order valence-corrected chi connectivity index (χ3v) is 1.57. The van der Waals surface area contributed by atoms with E-state index in [1.807, 2.05) is 0 Å². The van der Waals surface area contributed by atoms with Crippen LogP contribution >= 0.6 is 0 Å². The molecule has 1 aromatic rings. The second-order valence-corrected chi connectivity index (χ2v) is 2.47. The van der Waals surface area contributed by atoms with E-state index in [0.717, 1.165) is 0 Å². The SMILES string of the molecule is COc1cc(F)ccc1C(C)=N. The van der Waals surface area contributed by atoms with Crippen molar-refractivity contribution < 1.29 is 9.13 Å². The van der Waals surface area contributed by atoms with Crippen molar-refractivity contribution in [2.45, 2.75) is 6.92 Å². The van der Waals surface area contributed by atoms with Crippen molar-refractivity contribution in [2.24, 2.45) is 0 Å². The molecule has 0 heterocycles. The Balaban J connectivity index is 3.20. The zero-order valence-corrected chi connectivity index (χ0v) is 7.02. The van der Waals surface area contributed by atoms with Crippen LogP contribution in [0.5, 0.6) is 5.75 Å². The van der Waals surface area contributed by atoms with Gasteiger partial charge in [-0.15, -0.1) is 0 Å². The fraction of sp³-hybridized carbons (Fsp3) is 0.222. The molecule has 1 N–H and O–H groups in total. The Bertz CT molecular complexity index is 309. The van der Waals surface area contributed by atoms with E-state index in [2.05, 4.69) is 0 Å². The van der Waals surface area contributed by atoms with E-state index in [0.29, 0.717) is 17.0 Å². The van der Waals surface area contributed by atoms with Crippen LogP contribution in [0, 0.1) is 11.2 Å². The van der Waals surface area contributed by atoms with Crippen molar-refractivity contribution >= 4 is 5.71 Å². The Hall–Kier alpha value is -1.38. The average Bonchev–Trinajstić information content (AvgIpc) is 2.03. The molecular weight excluding hydrogens is 157 g/mol. The number of rotatable bonds is 2. The number of nitrogens with one attached hydrogen (secondary N) is 1. The van der Waals surface area contributed by atoms with Gasteiger partial charge >= 0.3 is 0 Å². The highest BCUT2D eigenvalue weighted by Crippen LogP contribution is 2.19. The van der Waals surface area contributed by atoms with Crippen LogP contribution < -0.4 is 4.74 Å². The van der Waals surface area contributed by atoms with E-state index in [9.17, 15) is 4.39 Å². The van der Waals surface area contributed by atoms with Gasteiger partial charge in [-0.3, -0.25) is 0 Å². The molecule has 64 valence electrons. The van der Waals surface area contributed by atoms with E-state index >= 15 is 0 Å². The lowest BCUT2D eigenvalue weighted by Crippen LogP contribution is -1.97. The number of benzene rings is 1. The van der Waals surface area contributed by atoms with Gasteiger partial charge in [0, 0.05) is 17.3 Å². The minimum atomic E-state index is -0.350. The van der Waals surface area contributed by atoms with Gasteiger partial charge < -0.3 is 10.1 Å². The summed E-state index contributed by atoms with van der Waals surface area (Å²) < 4.78 is 17.6. The molecule has 0 radical (unpaired) electrons. The highest BCUT2D eigenvalue weighted by Gasteiger charge is 2.05. The van der Waals surface area contributed by atoms with Crippen LogP contribution in [-0.2, 0) is 0 Å². The molecule has 0 amide bonds. The fourth-order valence-corrected chi connectivity index (χ4v) is 0.975. The van der Waals surface area contributed by atoms with Crippen LogP contribution in [0.2, 0.25) is 0 Å². The summed E-state index contributed by atoms with van der Waals surface area (Å²) in [5, 5.41) is 7.35.